The highest BCUT2D eigenvalue weighted by Gasteiger charge is 2.12. The van der Waals surface area contributed by atoms with Crippen LogP contribution in [0.3, 0.4) is 0 Å². The highest BCUT2D eigenvalue weighted by atomic mass is 79.9. The van der Waals surface area contributed by atoms with E-state index in [2.05, 4.69) is 97.2 Å². The zero-order valence-corrected chi connectivity index (χ0v) is 14.0. The minimum Gasteiger partial charge on any atom is -0.0786 e. The number of aryl methyl sites for hydroxylation is 1. The van der Waals surface area contributed by atoms with E-state index in [4.69, 9.17) is 0 Å². The Labute approximate surface area is 127 Å². The summed E-state index contributed by atoms with van der Waals surface area (Å²) in [6.45, 7) is 2.13. The maximum absolute atomic E-state index is 3.77. The monoisotopic (exact) mass is 416 g/mol. The van der Waals surface area contributed by atoms with Crippen LogP contribution in [0.15, 0.2) is 51.4 Å². The molecule has 88 valence electrons. The summed E-state index contributed by atoms with van der Waals surface area (Å²) >= 11 is 10.7. The van der Waals surface area contributed by atoms with E-state index in [0.29, 0.717) is 0 Å². The summed E-state index contributed by atoms with van der Waals surface area (Å²) in [5, 5.41) is 0. The van der Waals surface area contributed by atoms with Crippen LogP contribution in [0.25, 0.3) is 0 Å². The predicted molar refractivity (Wildman–Crippen MR) is 83.8 cm³/mol. The largest absolute Gasteiger partial charge is 0.0786 e. The summed E-state index contributed by atoms with van der Waals surface area (Å²) in [4.78, 5) is 0.230. The van der Waals surface area contributed by atoms with Gasteiger partial charge in [-0.15, -0.1) is 0 Å². The maximum atomic E-state index is 3.77. The van der Waals surface area contributed by atoms with E-state index in [1.165, 1.54) is 16.7 Å². The first-order valence-corrected chi connectivity index (χ1v) is 7.73. The second-order valence-corrected chi connectivity index (χ2v) is 6.66. The molecule has 0 spiro atoms. The number of benzene rings is 2. The highest BCUT2D eigenvalue weighted by molar-refractivity contribution is 9.10. The van der Waals surface area contributed by atoms with Crippen molar-refractivity contribution >= 4 is 47.8 Å². The molecule has 3 heteroatoms. The third kappa shape index (κ3) is 3.21. The number of rotatable bonds is 2. The first-order valence-electron chi connectivity index (χ1n) is 5.23. The fourth-order valence-corrected chi connectivity index (χ4v) is 3.14. The standard InChI is InChI=1S/C14H11Br3/c1-9-2-5-12(16)8-13(9)14(17)10-3-6-11(15)7-4-10/h2-8,14H,1H3. The van der Waals surface area contributed by atoms with Gasteiger partial charge in [-0.1, -0.05) is 66.0 Å². The van der Waals surface area contributed by atoms with Crippen LogP contribution in [0.4, 0.5) is 0 Å². The fraction of sp³-hybridized carbons (Fsp3) is 0.143. The van der Waals surface area contributed by atoms with Crippen LogP contribution in [-0.4, -0.2) is 0 Å². The predicted octanol–water partition coefficient (Wildman–Crippen LogP) is 6.00. The lowest BCUT2D eigenvalue weighted by Gasteiger charge is -2.14. The molecule has 0 nitrogen and oxygen atoms in total. The molecule has 17 heavy (non-hydrogen) atoms. The lowest BCUT2D eigenvalue weighted by Crippen LogP contribution is -1.95. The molecule has 1 unspecified atom stereocenters. The second kappa shape index (κ2) is 5.68. The summed E-state index contributed by atoms with van der Waals surface area (Å²) in [6, 6.07) is 14.8. The van der Waals surface area contributed by atoms with E-state index in [9.17, 15) is 0 Å². The number of alkyl halides is 1. The lowest BCUT2D eigenvalue weighted by molar-refractivity contribution is 1.14. The SMILES string of the molecule is Cc1ccc(Br)cc1C(Br)c1ccc(Br)cc1. The van der Waals surface area contributed by atoms with E-state index in [0.717, 1.165) is 8.95 Å². The first kappa shape index (κ1) is 13.3. The molecule has 0 aromatic heterocycles. The summed E-state index contributed by atoms with van der Waals surface area (Å²) < 4.78 is 2.21. The van der Waals surface area contributed by atoms with Crippen molar-refractivity contribution in [2.24, 2.45) is 0 Å². The highest BCUT2D eigenvalue weighted by Crippen LogP contribution is 2.34. The normalized spacial score (nSPS) is 12.5. The molecule has 0 bridgehead atoms. The minimum atomic E-state index is 0.230. The van der Waals surface area contributed by atoms with E-state index in [1.807, 2.05) is 0 Å². The summed E-state index contributed by atoms with van der Waals surface area (Å²) in [6.07, 6.45) is 0. The molecule has 0 saturated heterocycles. The van der Waals surface area contributed by atoms with Crippen LogP contribution >= 0.6 is 47.8 Å². The first-order chi connectivity index (χ1) is 8.08. The van der Waals surface area contributed by atoms with E-state index >= 15 is 0 Å². The Bertz CT molecular complexity index is 517. The second-order valence-electron chi connectivity index (χ2n) is 3.92. The van der Waals surface area contributed by atoms with Crippen LogP contribution in [0.5, 0.6) is 0 Å². The number of hydrogen-bond donors (Lipinski definition) is 0. The Balaban J connectivity index is 2.39. The van der Waals surface area contributed by atoms with Crippen LogP contribution < -0.4 is 0 Å². The molecule has 0 N–H and O–H groups in total. The van der Waals surface area contributed by atoms with Crippen molar-refractivity contribution in [3.8, 4) is 0 Å². The lowest BCUT2D eigenvalue weighted by atomic mass is 10.0. The third-order valence-corrected chi connectivity index (χ3v) is 4.72. The molecule has 2 aromatic rings. The quantitative estimate of drug-likeness (QED) is 0.524. The Kier molecular flexibility index (Phi) is 4.45. The van der Waals surface area contributed by atoms with E-state index in [1.54, 1.807) is 0 Å². The van der Waals surface area contributed by atoms with E-state index < -0.39 is 0 Å². The molecule has 2 aromatic carbocycles. The summed E-state index contributed by atoms with van der Waals surface area (Å²) in [5.41, 5.74) is 3.84. The topological polar surface area (TPSA) is 0 Å². The van der Waals surface area contributed by atoms with Crippen molar-refractivity contribution in [1.29, 1.82) is 0 Å². The van der Waals surface area contributed by atoms with Gasteiger partial charge >= 0.3 is 0 Å². The Morgan fingerprint density at radius 1 is 0.882 bits per heavy atom. The molecule has 0 aliphatic rings. The average molecular weight is 419 g/mol. The maximum Gasteiger partial charge on any atom is 0.0647 e. The van der Waals surface area contributed by atoms with Crippen molar-refractivity contribution in [2.45, 2.75) is 11.8 Å². The molecule has 0 radical (unpaired) electrons. The van der Waals surface area contributed by atoms with Gasteiger partial charge in [-0.05, 0) is 47.9 Å². The van der Waals surface area contributed by atoms with Crippen molar-refractivity contribution in [3.05, 3.63) is 68.1 Å². The molecule has 0 aliphatic heterocycles. The molecule has 0 heterocycles. The summed E-state index contributed by atoms with van der Waals surface area (Å²) in [7, 11) is 0. The van der Waals surface area contributed by atoms with E-state index in [-0.39, 0.29) is 4.83 Å². The van der Waals surface area contributed by atoms with Gasteiger partial charge < -0.3 is 0 Å². The molecular formula is C14H11Br3. The van der Waals surface area contributed by atoms with Crippen LogP contribution in [0, 0.1) is 6.92 Å². The smallest absolute Gasteiger partial charge is 0.0647 e. The Morgan fingerprint density at radius 2 is 1.47 bits per heavy atom. The average Bonchev–Trinajstić information content (AvgIpc) is 2.32. The molecule has 2 rings (SSSR count). The Hall–Kier alpha value is -0.120. The Morgan fingerprint density at radius 3 is 2.12 bits per heavy atom. The van der Waals surface area contributed by atoms with Gasteiger partial charge in [0.05, 0.1) is 4.83 Å². The van der Waals surface area contributed by atoms with Crippen LogP contribution in [0.1, 0.15) is 21.5 Å². The molecule has 0 amide bonds. The van der Waals surface area contributed by atoms with Gasteiger partial charge in [0.15, 0.2) is 0 Å². The van der Waals surface area contributed by atoms with Gasteiger partial charge in [-0.25, -0.2) is 0 Å². The fourth-order valence-electron chi connectivity index (χ4n) is 1.70. The van der Waals surface area contributed by atoms with Gasteiger partial charge in [0.1, 0.15) is 0 Å². The molecule has 0 aliphatic carbocycles. The molecule has 0 fully saturated rings. The van der Waals surface area contributed by atoms with Crippen molar-refractivity contribution in [3.63, 3.8) is 0 Å². The van der Waals surface area contributed by atoms with Crippen molar-refractivity contribution in [1.82, 2.24) is 0 Å². The summed E-state index contributed by atoms with van der Waals surface area (Å²) in [5.74, 6) is 0. The number of halogens is 3. The van der Waals surface area contributed by atoms with Gasteiger partial charge in [0, 0.05) is 8.95 Å². The van der Waals surface area contributed by atoms with Crippen molar-refractivity contribution < 1.29 is 0 Å². The van der Waals surface area contributed by atoms with Gasteiger partial charge in [-0.2, -0.15) is 0 Å². The van der Waals surface area contributed by atoms with Crippen LogP contribution in [0.2, 0.25) is 0 Å². The van der Waals surface area contributed by atoms with Crippen LogP contribution in [-0.2, 0) is 0 Å². The zero-order chi connectivity index (χ0) is 12.4. The zero-order valence-electron chi connectivity index (χ0n) is 9.25. The molecule has 1 atom stereocenters. The van der Waals surface area contributed by atoms with Gasteiger partial charge in [0.25, 0.3) is 0 Å². The van der Waals surface area contributed by atoms with Crippen molar-refractivity contribution in [2.75, 3.05) is 0 Å². The molecule has 0 saturated carbocycles. The van der Waals surface area contributed by atoms with Gasteiger partial charge in [-0.3, -0.25) is 0 Å². The number of hydrogen-bond acceptors (Lipinski definition) is 0. The van der Waals surface area contributed by atoms with Gasteiger partial charge in [0.2, 0.25) is 0 Å². The minimum absolute atomic E-state index is 0.230. The molecular weight excluding hydrogens is 408 g/mol. The third-order valence-electron chi connectivity index (χ3n) is 2.68.